The molecule has 0 N–H and O–H groups in total. The van der Waals surface area contributed by atoms with Crippen molar-refractivity contribution >= 4 is 17.9 Å². The molecule has 0 aromatic heterocycles. The van der Waals surface area contributed by atoms with Crippen molar-refractivity contribution in [1.82, 2.24) is 0 Å². The Kier molecular flexibility index (Phi) is 64.1. The highest BCUT2D eigenvalue weighted by Gasteiger charge is 2.19. The first-order valence-corrected chi connectivity index (χ1v) is 34.5. The maximum atomic E-state index is 12.9. The fourth-order valence-electron chi connectivity index (χ4n) is 10.4. The summed E-state index contributed by atoms with van der Waals surface area (Å²) in [5.41, 5.74) is 0. The first-order chi connectivity index (χ1) is 38.0. The Balaban J connectivity index is 4.28. The van der Waals surface area contributed by atoms with Crippen molar-refractivity contribution in [2.45, 2.75) is 386 Å². The van der Waals surface area contributed by atoms with E-state index >= 15 is 0 Å². The SMILES string of the molecule is CCCCCCCC/C=C\CCCCCCCCCCCC(=O)OC(COC(=O)CCCCCCC/C=C\CCCCCCCC)COC(=O)CCCCCCCCCCCCCCC/C=C\CCCCCCCCCC. The van der Waals surface area contributed by atoms with Crippen LogP contribution in [0.1, 0.15) is 380 Å². The number of hydrogen-bond donors (Lipinski definition) is 0. The van der Waals surface area contributed by atoms with Crippen LogP contribution in [0.3, 0.4) is 0 Å². The van der Waals surface area contributed by atoms with E-state index in [4.69, 9.17) is 14.2 Å². The molecule has 0 spiro atoms. The van der Waals surface area contributed by atoms with Gasteiger partial charge in [-0.15, -0.1) is 0 Å². The van der Waals surface area contributed by atoms with Gasteiger partial charge in [-0.3, -0.25) is 14.4 Å². The van der Waals surface area contributed by atoms with Gasteiger partial charge in [-0.1, -0.05) is 301 Å². The van der Waals surface area contributed by atoms with Gasteiger partial charge in [-0.05, 0) is 96.3 Å². The zero-order valence-electron chi connectivity index (χ0n) is 52.0. The molecule has 1 atom stereocenters. The van der Waals surface area contributed by atoms with Crippen LogP contribution in [0.15, 0.2) is 36.5 Å². The summed E-state index contributed by atoms with van der Waals surface area (Å²) in [5, 5.41) is 0. The van der Waals surface area contributed by atoms with Crippen LogP contribution < -0.4 is 0 Å². The molecule has 0 aromatic carbocycles. The minimum absolute atomic E-state index is 0.0719. The van der Waals surface area contributed by atoms with Crippen molar-refractivity contribution in [3.8, 4) is 0 Å². The molecule has 0 aliphatic carbocycles. The summed E-state index contributed by atoms with van der Waals surface area (Å²) in [6.07, 6.45) is 81.6. The zero-order valence-corrected chi connectivity index (χ0v) is 52.0. The molecule has 0 saturated carbocycles. The highest BCUT2D eigenvalue weighted by molar-refractivity contribution is 5.71. The van der Waals surface area contributed by atoms with E-state index in [0.29, 0.717) is 19.3 Å². The molecule has 0 aliphatic heterocycles. The van der Waals surface area contributed by atoms with Crippen molar-refractivity contribution in [2.75, 3.05) is 13.2 Å². The molecule has 6 nitrogen and oxygen atoms in total. The van der Waals surface area contributed by atoms with E-state index in [-0.39, 0.29) is 31.1 Å². The van der Waals surface area contributed by atoms with Crippen LogP contribution >= 0.6 is 0 Å². The van der Waals surface area contributed by atoms with E-state index < -0.39 is 6.10 Å². The molecular formula is C71H132O6. The Bertz CT molecular complexity index is 1290. The van der Waals surface area contributed by atoms with E-state index in [2.05, 4.69) is 57.2 Å². The molecule has 1 unspecified atom stereocenters. The third-order valence-electron chi connectivity index (χ3n) is 15.6. The molecule has 0 aliphatic rings. The standard InChI is InChI=1S/C71H132O6/c1-4-7-10-13-16-19-22-25-28-30-32-33-34-35-36-37-39-40-43-46-49-52-55-58-61-64-70(73)76-67-68(66-75-69(72)63-60-57-54-51-48-45-42-27-24-21-18-15-12-9-6-3)77-71(74)65-62-59-56-53-50-47-44-41-38-31-29-26-23-20-17-14-11-8-5-2/h26-27,29-30,32,42,68H,4-25,28,31,33-41,43-67H2,1-3H3/b29-26-,32-30-,42-27-. The van der Waals surface area contributed by atoms with E-state index in [0.717, 1.165) is 64.2 Å². The monoisotopic (exact) mass is 1080 g/mol. The predicted molar refractivity (Wildman–Crippen MR) is 335 cm³/mol. The molecule has 0 radical (unpaired) electrons. The van der Waals surface area contributed by atoms with Crippen molar-refractivity contribution in [2.24, 2.45) is 0 Å². The first kappa shape index (κ1) is 74.6. The molecule has 452 valence electrons. The van der Waals surface area contributed by atoms with Crippen LogP contribution in [0.5, 0.6) is 0 Å². The van der Waals surface area contributed by atoms with Gasteiger partial charge in [0.1, 0.15) is 13.2 Å². The number of ether oxygens (including phenoxy) is 3. The number of carbonyl (C=O) groups is 3. The largest absolute Gasteiger partial charge is 0.462 e. The summed E-state index contributed by atoms with van der Waals surface area (Å²) in [6.45, 7) is 6.69. The Hall–Kier alpha value is -2.37. The van der Waals surface area contributed by atoms with Crippen LogP contribution in [0.25, 0.3) is 0 Å². The molecule has 0 heterocycles. The summed E-state index contributed by atoms with van der Waals surface area (Å²) < 4.78 is 17.0. The van der Waals surface area contributed by atoms with Crippen molar-refractivity contribution in [3.63, 3.8) is 0 Å². The second-order valence-corrected chi connectivity index (χ2v) is 23.4. The average Bonchev–Trinajstić information content (AvgIpc) is 3.43. The molecule has 6 heteroatoms. The highest BCUT2D eigenvalue weighted by Crippen LogP contribution is 2.18. The number of carbonyl (C=O) groups excluding carboxylic acids is 3. The minimum Gasteiger partial charge on any atom is -0.462 e. The Morgan fingerprint density at radius 2 is 0.429 bits per heavy atom. The van der Waals surface area contributed by atoms with Crippen LogP contribution in [0.4, 0.5) is 0 Å². The number of unbranched alkanes of at least 4 members (excludes halogenated alkanes) is 47. The summed E-state index contributed by atoms with van der Waals surface area (Å²) in [4.78, 5) is 38.4. The van der Waals surface area contributed by atoms with E-state index in [9.17, 15) is 14.4 Å². The summed E-state index contributed by atoms with van der Waals surface area (Å²) >= 11 is 0. The highest BCUT2D eigenvalue weighted by atomic mass is 16.6. The summed E-state index contributed by atoms with van der Waals surface area (Å²) in [7, 11) is 0. The van der Waals surface area contributed by atoms with Gasteiger partial charge in [-0.25, -0.2) is 0 Å². The molecule has 0 bridgehead atoms. The lowest BCUT2D eigenvalue weighted by Crippen LogP contribution is -2.30. The smallest absolute Gasteiger partial charge is 0.306 e. The fourth-order valence-corrected chi connectivity index (χ4v) is 10.4. The molecule has 0 saturated heterocycles. The van der Waals surface area contributed by atoms with Gasteiger partial charge in [0.05, 0.1) is 0 Å². The van der Waals surface area contributed by atoms with Crippen molar-refractivity contribution in [1.29, 1.82) is 0 Å². The lowest BCUT2D eigenvalue weighted by molar-refractivity contribution is -0.167. The predicted octanol–water partition coefficient (Wildman–Crippen LogP) is 23.6. The average molecular weight is 1080 g/mol. The number of hydrogen-bond acceptors (Lipinski definition) is 6. The van der Waals surface area contributed by atoms with E-state index in [1.54, 1.807) is 0 Å². The van der Waals surface area contributed by atoms with Gasteiger partial charge in [0.2, 0.25) is 0 Å². The van der Waals surface area contributed by atoms with Gasteiger partial charge >= 0.3 is 17.9 Å². The third kappa shape index (κ3) is 64.3. The Labute approximate surface area is 480 Å². The lowest BCUT2D eigenvalue weighted by Gasteiger charge is -2.18. The molecular weight excluding hydrogens is 949 g/mol. The van der Waals surface area contributed by atoms with Gasteiger partial charge in [-0.2, -0.15) is 0 Å². The Morgan fingerprint density at radius 1 is 0.247 bits per heavy atom. The molecule has 77 heavy (non-hydrogen) atoms. The number of esters is 3. The van der Waals surface area contributed by atoms with Crippen LogP contribution in [-0.2, 0) is 28.6 Å². The van der Waals surface area contributed by atoms with Gasteiger partial charge in [0.15, 0.2) is 6.10 Å². The first-order valence-electron chi connectivity index (χ1n) is 34.5. The molecule has 0 rings (SSSR count). The Morgan fingerprint density at radius 3 is 0.649 bits per heavy atom. The molecule has 0 fully saturated rings. The van der Waals surface area contributed by atoms with Crippen molar-refractivity contribution < 1.29 is 28.6 Å². The van der Waals surface area contributed by atoms with E-state index in [1.165, 1.54) is 276 Å². The quantitative estimate of drug-likeness (QED) is 0.0261. The summed E-state index contributed by atoms with van der Waals surface area (Å²) in [6, 6.07) is 0. The van der Waals surface area contributed by atoms with Gasteiger partial charge in [0.25, 0.3) is 0 Å². The van der Waals surface area contributed by atoms with Crippen LogP contribution in [-0.4, -0.2) is 37.2 Å². The molecule has 0 amide bonds. The van der Waals surface area contributed by atoms with Gasteiger partial charge < -0.3 is 14.2 Å². The normalized spacial score (nSPS) is 12.2. The van der Waals surface area contributed by atoms with Crippen molar-refractivity contribution in [3.05, 3.63) is 36.5 Å². The minimum atomic E-state index is -0.776. The lowest BCUT2D eigenvalue weighted by atomic mass is 10.0. The maximum absolute atomic E-state index is 12.9. The van der Waals surface area contributed by atoms with Gasteiger partial charge in [0, 0.05) is 19.3 Å². The number of allylic oxidation sites excluding steroid dienone is 6. The zero-order chi connectivity index (χ0) is 55.7. The maximum Gasteiger partial charge on any atom is 0.306 e. The topological polar surface area (TPSA) is 78.9 Å². The summed E-state index contributed by atoms with van der Waals surface area (Å²) in [5.74, 6) is -0.857. The van der Waals surface area contributed by atoms with E-state index in [1.807, 2.05) is 0 Å². The van der Waals surface area contributed by atoms with Crippen LogP contribution in [0.2, 0.25) is 0 Å². The second-order valence-electron chi connectivity index (χ2n) is 23.4. The van der Waals surface area contributed by atoms with Crippen LogP contribution in [0, 0.1) is 0 Å². The second kappa shape index (κ2) is 66.1. The molecule has 0 aromatic rings. The third-order valence-corrected chi connectivity index (χ3v) is 15.6. The number of rotatable bonds is 64. The fraction of sp³-hybridized carbons (Fsp3) is 0.873.